The first-order chi connectivity index (χ1) is 9.66. The van der Waals surface area contributed by atoms with Gasteiger partial charge in [0.2, 0.25) is 0 Å². The van der Waals surface area contributed by atoms with Crippen molar-refractivity contribution in [3.63, 3.8) is 0 Å². The van der Waals surface area contributed by atoms with E-state index in [1.54, 1.807) is 6.26 Å². The molecule has 20 heavy (non-hydrogen) atoms. The van der Waals surface area contributed by atoms with Crippen LogP contribution in [0.1, 0.15) is 44.1 Å². The third-order valence-electron chi connectivity index (χ3n) is 3.32. The van der Waals surface area contributed by atoms with Crippen molar-refractivity contribution < 1.29 is 9.15 Å². The van der Waals surface area contributed by atoms with E-state index in [0.29, 0.717) is 12.5 Å². The first-order valence-corrected chi connectivity index (χ1v) is 7.16. The molecule has 1 unspecified atom stereocenters. The van der Waals surface area contributed by atoms with Crippen LogP contribution < -0.4 is 10.1 Å². The second-order valence-electron chi connectivity index (χ2n) is 5.27. The summed E-state index contributed by atoms with van der Waals surface area (Å²) in [5.74, 6) is 2.41. The maximum absolute atomic E-state index is 5.77. The minimum absolute atomic E-state index is 0.204. The van der Waals surface area contributed by atoms with Crippen molar-refractivity contribution in [2.45, 2.75) is 32.7 Å². The molecule has 0 saturated carbocycles. The number of hydrogen-bond donors (Lipinski definition) is 1. The minimum Gasteiger partial charge on any atom is -0.492 e. The van der Waals surface area contributed by atoms with Gasteiger partial charge in [0, 0.05) is 6.54 Å². The molecule has 0 spiro atoms. The van der Waals surface area contributed by atoms with Crippen LogP contribution in [0.5, 0.6) is 5.75 Å². The highest BCUT2D eigenvalue weighted by Gasteiger charge is 2.06. The number of nitrogens with one attached hydrogen (secondary N) is 1. The average Bonchev–Trinajstić information content (AvgIpc) is 2.98. The van der Waals surface area contributed by atoms with Crippen LogP contribution in [0.15, 0.2) is 47.1 Å². The molecule has 2 aromatic rings. The van der Waals surface area contributed by atoms with E-state index in [1.807, 2.05) is 24.3 Å². The zero-order chi connectivity index (χ0) is 14.4. The lowest BCUT2D eigenvalue weighted by molar-refractivity contribution is 0.301. The summed E-state index contributed by atoms with van der Waals surface area (Å²) in [6.45, 7) is 7.88. The molecule has 1 atom stereocenters. The molecule has 3 heteroatoms. The number of furan rings is 1. The molecule has 2 rings (SSSR count). The van der Waals surface area contributed by atoms with Crippen molar-refractivity contribution in [3.05, 3.63) is 54.0 Å². The molecule has 0 saturated heterocycles. The summed E-state index contributed by atoms with van der Waals surface area (Å²) in [7, 11) is 0. The number of hydrogen-bond acceptors (Lipinski definition) is 3. The van der Waals surface area contributed by atoms with E-state index in [-0.39, 0.29) is 6.04 Å². The second kappa shape index (κ2) is 7.15. The van der Waals surface area contributed by atoms with Crippen molar-refractivity contribution in [2.24, 2.45) is 0 Å². The molecule has 0 fully saturated rings. The minimum atomic E-state index is 0.204. The predicted octanol–water partition coefficient (Wildman–Crippen LogP) is 4.13. The van der Waals surface area contributed by atoms with Gasteiger partial charge < -0.3 is 14.5 Å². The maximum atomic E-state index is 5.77. The molecule has 0 aliphatic carbocycles. The lowest BCUT2D eigenvalue weighted by Gasteiger charge is -2.13. The Morgan fingerprint density at radius 2 is 2.00 bits per heavy atom. The Kier molecular flexibility index (Phi) is 5.24. The van der Waals surface area contributed by atoms with Gasteiger partial charge in [-0.05, 0) is 42.7 Å². The fraction of sp³-hybridized carbons (Fsp3) is 0.412. The summed E-state index contributed by atoms with van der Waals surface area (Å²) in [5.41, 5.74) is 1.31. The highest BCUT2D eigenvalue weighted by atomic mass is 16.5. The number of benzene rings is 1. The van der Waals surface area contributed by atoms with Gasteiger partial charge in [-0.25, -0.2) is 0 Å². The fourth-order valence-corrected chi connectivity index (χ4v) is 2.05. The smallest absolute Gasteiger partial charge is 0.120 e. The largest absolute Gasteiger partial charge is 0.492 e. The molecule has 0 aliphatic rings. The Balaban J connectivity index is 1.74. The average molecular weight is 273 g/mol. The lowest BCUT2D eigenvalue weighted by Crippen LogP contribution is -2.24. The summed E-state index contributed by atoms with van der Waals surface area (Å²) in [6.07, 6.45) is 1.70. The molecular formula is C17H23NO2. The first kappa shape index (κ1) is 14.7. The third-order valence-corrected chi connectivity index (χ3v) is 3.32. The monoisotopic (exact) mass is 273 g/mol. The topological polar surface area (TPSA) is 34.4 Å². The lowest BCUT2D eigenvalue weighted by atomic mass is 10.0. The van der Waals surface area contributed by atoms with E-state index in [0.717, 1.165) is 18.1 Å². The van der Waals surface area contributed by atoms with Gasteiger partial charge in [0.15, 0.2) is 0 Å². The van der Waals surface area contributed by atoms with Gasteiger partial charge in [-0.15, -0.1) is 0 Å². The molecular weight excluding hydrogens is 250 g/mol. The van der Waals surface area contributed by atoms with E-state index in [4.69, 9.17) is 9.15 Å². The highest BCUT2D eigenvalue weighted by molar-refractivity contribution is 5.30. The van der Waals surface area contributed by atoms with E-state index >= 15 is 0 Å². The zero-order valence-corrected chi connectivity index (χ0v) is 12.4. The summed E-state index contributed by atoms with van der Waals surface area (Å²) >= 11 is 0. The van der Waals surface area contributed by atoms with Gasteiger partial charge in [-0.2, -0.15) is 0 Å². The van der Waals surface area contributed by atoms with Crippen LogP contribution in [0.25, 0.3) is 0 Å². The highest BCUT2D eigenvalue weighted by Crippen LogP contribution is 2.20. The Hall–Kier alpha value is -1.74. The van der Waals surface area contributed by atoms with Crippen LogP contribution >= 0.6 is 0 Å². The fourth-order valence-electron chi connectivity index (χ4n) is 2.05. The van der Waals surface area contributed by atoms with Crippen molar-refractivity contribution in [1.29, 1.82) is 0 Å². The second-order valence-corrected chi connectivity index (χ2v) is 5.27. The van der Waals surface area contributed by atoms with Crippen molar-refractivity contribution in [3.8, 4) is 5.75 Å². The van der Waals surface area contributed by atoms with E-state index < -0.39 is 0 Å². The Labute approximate surface area is 121 Å². The van der Waals surface area contributed by atoms with E-state index in [1.165, 1.54) is 5.56 Å². The van der Waals surface area contributed by atoms with Crippen LogP contribution in [0.2, 0.25) is 0 Å². The van der Waals surface area contributed by atoms with Crippen LogP contribution in [0.4, 0.5) is 0 Å². The molecule has 0 bridgehead atoms. The van der Waals surface area contributed by atoms with Gasteiger partial charge in [0.25, 0.3) is 0 Å². The van der Waals surface area contributed by atoms with Crippen LogP contribution in [-0.4, -0.2) is 13.2 Å². The van der Waals surface area contributed by atoms with Gasteiger partial charge in [-0.1, -0.05) is 26.0 Å². The normalized spacial score (nSPS) is 12.6. The molecule has 108 valence electrons. The number of rotatable bonds is 7. The van der Waals surface area contributed by atoms with Crippen LogP contribution in [0, 0.1) is 0 Å². The van der Waals surface area contributed by atoms with Crippen molar-refractivity contribution in [2.75, 3.05) is 13.2 Å². The maximum Gasteiger partial charge on any atom is 0.120 e. The number of ether oxygens (including phenoxy) is 1. The molecule has 0 amide bonds. The van der Waals surface area contributed by atoms with Crippen LogP contribution in [0.3, 0.4) is 0 Å². The van der Waals surface area contributed by atoms with Gasteiger partial charge in [0.1, 0.15) is 18.1 Å². The molecule has 1 N–H and O–H groups in total. The molecule has 3 nitrogen and oxygen atoms in total. The molecule has 1 aromatic carbocycles. The summed E-state index contributed by atoms with van der Waals surface area (Å²) < 4.78 is 11.1. The molecule has 1 aromatic heterocycles. The summed E-state index contributed by atoms with van der Waals surface area (Å²) in [4.78, 5) is 0. The quantitative estimate of drug-likeness (QED) is 0.770. The first-order valence-electron chi connectivity index (χ1n) is 7.16. The van der Waals surface area contributed by atoms with Crippen molar-refractivity contribution >= 4 is 0 Å². The Morgan fingerprint density at radius 3 is 2.70 bits per heavy atom. The predicted molar refractivity (Wildman–Crippen MR) is 81.2 cm³/mol. The Bertz CT molecular complexity index is 505. The van der Waals surface area contributed by atoms with Crippen LogP contribution in [-0.2, 0) is 0 Å². The standard InChI is InChI=1S/C17H23NO2/c1-13(2)15-6-4-7-16(12-15)19-11-9-18-14(3)17-8-5-10-20-17/h4-8,10,12-14,18H,9,11H2,1-3H3. The SMILES string of the molecule is CC(C)c1cccc(OCCNC(C)c2ccco2)c1. The molecule has 0 radical (unpaired) electrons. The van der Waals surface area contributed by atoms with Gasteiger partial charge in [-0.3, -0.25) is 0 Å². The molecule has 1 heterocycles. The summed E-state index contributed by atoms with van der Waals surface area (Å²) in [6, 6.07) is 12.4. The summed E-state index contributed by atoms with van der Waals surface area (Å²) in [5, 5.41) is 3.37. The Morgan fingerprint density at radius 1 is 1.15 bits per heavy atom. The third kappa shape index (κ3) is 4.14. The molecule has 0 aliphatic heterocycles. The van der Waals surface area contributed by atoms with E-state index in [9.17, 15) is 0 Å². The van der Waals surface area contributed by atoms with Gasteiger partial charge >= 0.3 is 0 Å². The van der Waals surface area contributed by atoms with E-state index in [2.05, 4.69) is 38.2 Å². The van der Waals surface area contributed by atoms with Gasteiger partial charge in [0.05, 0.1) is 12.3 Å². The zero-order valence-electron chi connectivity index (χ0n) is 12.4. The van der Waals surface area contributed by atoms with Crippen molar-refractivity contribution in [1.82, 2.24) is 5.32 Å².